The molecule has 0 saturated carbocycles. The number of carboxylic acid groups (broad SMARTS) is 1. The van der Waals surface area contributed by atoms with Crippen LogP contribution in [0.25, 0.3) is 5.82 Å². The molecule has 1 N–H and O–H groups in total. The summed E-state index contributed by atoms with van der Waals surface area (Å²) in [7, 11) is 0. The topological polar surface area (TPSA) is 68.0 Å². The third kappa shape index (κ3) is 2.24. The van der Waals surface area contributed by atoms with Crippen molar-refractivity contribution in [2.24, 2.45) is 0 Å². The van der Waals surface area contributed by atoms with Gasteiger partial charge in [0.2, 0.25) is 0 Å². The molecule has 5 nitrogen and oxygen atoms in total. The van der Waals surface area contributed by atoms with Crippen molar-refractivity contribution in [1.82, 2.24) is 14.8 Å². The summed E-state index contributed by atoms with van der Waals surface area (Å²) in [5, 5.41) is 13.5. The lowest BCUT2D eigenvalue weighted by Gasteiger charge is -2.13. The van der Waals surface area contributed by atoms with E-state index in [2.05, 4.69) is 32.7 Å². The normalized spacial score (nSPS) is 14.2. The van der Waals surface area contributed by atoms with Crippen LogP contribution in [0.15, 0.2) is 18.3 Å². The molecule has 98 valence electrons. The Balaban J connectivity index is 2.19. The molecule has 3 rings (SSSR count). The molecule has 0 unspecified atom stereocenters. The average Bonchev–Trinajstić information content (AvgIpc) is 2.78. The number of carboxylic acids is 1. The fraction of sp³-hybridized carbons (Fsp3) is 0.308. The highest BCUT2D eigenvalue weighted by atomic mass is 127. The van der Waals surface area contributed by atoms with Crippen molar-refractivity contribution in [2.45, 2.75) is 25.7 Å². The molecule has 0 fully saturated rings. The van der Waals surface area contributed by atoms with Gasteiger partial charge in [-0.15, -0.1) is 0 Å². The minimum atomic E-state index is -0.956. The molecular weight excluding hydrogens is 357 g/mol. The Kier molecular flexibility index (Phi) is 3.26. The minimum Gasteiger partial charge on any atom is -0.476 e. The Morgan fingerprint density at radius 2 is 2.16 bits per heavy atom. The second kappa shape index (κ2) is 4.92. The Morgan fingerprint density at radius 1 is 1.37 bits per heavy atom. The highest BCUT2D eigenvalue weighted by Crippen LogP contribution is 2.26. The Labute approximate surface area is 123 Å². The van der Waals surface area contributed by atoms with Crippen LogP contribution in [0, 0.1) is 3.57 Å². The van der Waals surface area contributed by atoms with E-state index in [9.17, 15) is 9.90 Å². The summed E-state index contributed by atoms with van der Waals surface area (Å²) in [6, 6.07) is 3.81. The lowest BCUT2D eigenvalue weighted by molar-refractivity contribution is 0.0688. The number of pyridine rings is 1. The molecule has 0 radical (unpaired) electrons. The predicted octanol–water partition coefficient (Wildman–Crippen LogP) is 2.45. The van der Waals surface area contributed by atoms with Crippen LogP contribution in [0.3, 0.4) is 0 Å². The molecule has 2 heterocycles. The highest BCUT2D eigenvalue weighted by molar-refractivity contribution is 14.1. The van der Waals surface area contributed by atoms with Gasteiger partial charge in [0.05, 0.1) is 5.69 Å². The van der Waals surface area contributed by atoms with Gasteiger partial charge < -0.3 is 5.11 Å². The van der Waals surface area contributed by atoms with E-state index in [-0.39, 0.29) is 5.69 Å². The fourth-order valence-electron chi connectivity index (χ4n) is 2.47. The van der Waals surface area contributed by atoms with Crippen LogP contribution in [0.2, 0.25) is 0 Å². The van der Waals surface area contributed by atoms with Gasteiger partial charge in [-0.05, 0) is 60.4 Å². The number of hydrogen-bond donors (Lipinski definition) is 1. The molecule has 0 saturated heterocycles. The zero-order valence-corrected chi connectivity index (χ0v) is 12.3. The SMILES string of the molecule is O=C(O)c1nn(-c2cc(I)ccn2)c2c1CCCC2. The standard InChI is InChI=1S/C13H12IN3O2/c14-8-5-6-15-11(7-8)17-10-4-2-1-3-9(10)12(16-17)13(18)19/h5-7H,1-4H2,(H,18,19). The summed E-state index contributed by atoms with van der Waals surface area (Å²) in [6.45, 7) is 0. The van der Waals surface area contributed by atoms with E-state index in [4.69, 9.17) is 0 Å². The van der Waals surface area contributed by atoms with Crippen LogP contribution in [0.5, 0.6) is 0 Å². The minimum absolute atomic E-state index is 0.176. The summed E-state index contributed by atoms with van der Waals surface area (Å²) in [5.41, 5.74) is 2.05. The first-order valence-electron chi connectivity index (χ1n) is 6.13. The second-order valence-corrected chi connectivity index (χ2v) is 5.78. The third-order valence-corrected chi connectivity index (χ3v) is 3.98. The van der Waals surface area contributed by atoms with Gasteiger partial charge in [0.15, 0.2) is 11.5 Å². The Morgan fingerprint density at radius 3 is 2.89 bits per heavy atom. The Hall–Kier alpha value is -1.44. The van der Waals surface area contributed by atoms with Crippen LogP contribution in [0.4, 0.5) is 0 Å². The number of fused-ring (bicyclic) bond motifs is 1. The molecule has 1 aliphatic rings. The van der Waals surface area contributed by atoms with Crippen molar-refractivity contribution in [1.29, 1.82) is 0 Å². The van der Waals surface area contributed by atoms with E-state index in [1.54, 1.807) is 10.9 Å². The van der Waals surface area contributed by atoms with E-state index >= 15 is 0 Å². The maximum Gasteiger partial charge on any atom is 0.356 e. The van der Waals surface area contributed by atoms with Gasteiger partial charge in [-0.1, -0.05) is 0 Å². The van der Waals surface area contributed by atoms with E-state index in [1.165, 1.54) is 0 Å². The molecule has 0 aromatic carbocycles. The number of aromatic nitrogens is 3. The van der Waals surface area contributed by atoms with Crippen LogP contribution in [-0.4, -0.2) is 25.8 Å². The predicted molar refractivity (Wildman–Crippen MR) is 77.7 cm³/mol. The first-order valence-corrected chi connectivity index (χ1v) is 7.20. The molecule has 2 aromatic rings. The first kappa shape index (κ1) is 12.6. The van der Waals surface area contributed by atoms with Crippen molar-refractivity contribution < 1.29 is 9.90 Å². The summed E-state index contributed by atoms with van der Waals surface area (Å²) < 4.78 is 2.75. The van der Waals surface area contributed by atoms with Crippen LogP contribution in [-0.2, 0) is 12.8 Å². The summed E-state index contributed by atoms with van der Waals surface area (Å²) in [6.07, 6.45) is 5.47. The van der Waals surface area contributed by atoms with Crippen LogP contribution in [0.1, 0.15) is 34.6 Å². The molecule has 2 aromatic heterocycles. The average molecular weight is 369 g/mol. The smallest absolute Gasteiger partial charge is 0.356 e. The molecule has 0 aliphatic heterocycles. The number of nitrogens with zero attached hydrogens (tertiary/aromatic N) is 3. The van der Waals surface area contributed by atoms with E-state index in [1.807, 2.05) is 12.1 Å². The van der Waals surface area contributed by atoms with Gasteiger partial charge in [-0.25, -0.2) is 14.5 Å². The number of halogens is 1. The van der Waals surface area contributed by atoms with Gasteiger partial charge in [-0.3, -0.25) is 0 Å². The van der Waals surface area contributed by atoms with Crippen molar-refractivity contribution in [2.75, 3.05) is 0 Å². The van der Waals surface area contributed by atoms with Gasteiger partial charge in [0.1, 0.15) is 0 Å². The Bertz CT molecular complexity index is 651. The maximum absolute atomic E-state index is 11.3. The van der Waals surface area contributed by atoms with Gasteiger partial charge in [-0.2, -0.15) is 5.10 Å². The van der Waals surface area contributed by atoms with Crippen molar-refractivity contribution >= 4 is 28.6 Å². The van der Waals surface area contributed by atoms with Crippen LogP contribution >= 0.6 is 22.6 Å². The lowest BCUT2D eigenvalue weighted by Crippen LogP contribution is -2.09. The highest BCUT2D eigenvalue weighted by Gasteiger charge is 2.25. The fourth-order valence-corrected chi connectivity index (χ4v) is 2.91. The quantitative estimate of drug-likeness (QED) is 0.826. The number of carbonyl (C=O) groups is 1. The molecule has 0 spiro atoms. The first-order chi connectivity index (χ1) is 9.16. The summed E-state index contributed by atoms with van der Waals surface area (Å²) >= 11 is 2.21. The largest absolute Gasteiger partial charge is 0.476 e. The molecule has 0 atom stereocenters. The lowest BCUT2D eigenvalue weighted by atomic mass is 9.96. The van der Waals surface area contributed by atoms with E-state index in [0.29, 0.717) is 5.82 Å². The summed E-state index contributed by atoms with van der Waals surface area (Å²) in [4.78, 5) is 15.6. The molecular formula is C13H12IN3O2. The molecule has 6 heteroatoms. The van der Waals surface area contributed by atoms with Crippen LogP contribution < -0.4 is 0 Å². The van der Waals surface area contributed by atoms with E-state index in [0.717, 1.165) is 40.5 Å². The molecule has 19 heavy (non-hydrogen) atoms. The third-order valence-electron chi connectivity index (χ3n) is 3.31. The summed E-state index contributed by atoms with van der Waals surface area (Å²) in [5.74, 6) is -0.264. The monoisotopic (exact) mass is 369 g/mol. The molecule has 0 amide bonds. The van der Waals surface area contributed by atoms with Gasteiger partial charge in [0.25, 0.3) is 0 Å². The van der Waals surface area contributed by atoms with Crippen molar-refractivity contribution in [3.05, 3.63) is 38.9 Å². The number of aromatic carboxylic acids is 1. The molecule has 1 aliphatic carbocycles. The molecule has 0 bridgehead atoms. The zero-order chi connectivity index (χ0) is 13.4. The zero-order valence-electron chi connectivity index (χ0n) is 10.1. The van der Waals surface area contributed by atoms with Crippen molar-refractivity contribution in [3.8, 4) is 5.82 Å². The van der Waals surface area contributed by atoms with Crippen molar-refractivity contribution in [3.63, 3.8) is 0 Å². The number of hydrogen-bond acceptors (Lipinski definition) is 3. The van der Waals surface area contributed by atoms with Gasteiger partial charge >= 0.3 is 5.97 Å². The van der Waals surface area contributed by atoms with Gasteiger partial charge in [0, 0.05) is 15.3 Å². The van der Waals surface area contributed by atoms with E-state index < -0.39 is 5.97 Å². The maximum atomic E-state index is 11.3. The second-order valence-electron chi connectivity index (χ2n) is 4.53. The number of rotatable bonds is 2.